The summed E-state index contributed by atoms with van der Waals surface area (Å²) in [7, 11) is 1.66. The minimum absolute atomic E-state index is 0.456. The number of nitrogens with zero attached hydrogens (tertiary/aromatic N) is 1. The SMILES string of the molecule is C#CCNC(=NCc1ccccc1OC)NCC. The van der Waals surface area contributed by atoms with E-state index in [9.17, 15) is 0 Å². The van der Waals surface area contributed by atoms with E-state index in [0.29, 0.717) is 19.0 Å². The van der Waals surface area contributed by atoms with Gasteiger partial charge >= 0.3 is 0 Å². The van der Waals surface area contributed by atoms with Crippen LogP contribution in [-0.4, -0.2) is 26.2 Å². The van der Waals surface area contributed by atoms with Crippen molar-refractivity contribution in [3.63, 3.8) is 0 Å². The molecule has 1 aromatic carbocycles. The Morgan fingerprint density at radius 2 is 2.17 bits per heavy atom. The lowest BCUT2D eigenvalue weighted by atomic mass is 10.2. The molecule has 18 heavy (non-hydrogen) atoms. The molecule has 0 aliphatic heterocycles. The number of nitrogens with one attached hydrogen (secondary N) is 2. The van der Waals surface area contributed by atoms with Gasteiger partial charge in [-0.1, -0.05) is 24.1 Å². The van der Waals surface area contributed by atoms with E-state index in [4.69, 9.17) is 11.2 Å². The number of aliphatic imine (C=N–C) groups is 1. The number of ether oxygens (including phenoxy) is 1. The summed E-state index contributed by atoms with van der Waals surface area (Å²) in [5.74, 6) is 4.07. The molecule has 4 heteroatoms. The summed E-state index contributed by atoms with van der Waals surface area (Å²) in [5, 5.41) is 6.17. The molecule has 4 nitrogen and oxygen atoms in total. The van der Waals surface area contributed by atoms with Gasteiger partial charge in [0.05, 0.1) is 20.2 Å². The van der Waals surface area contributed by atoms with Gasteiger partial charge in [0, 0.05) is 12.1 Å². The van der Waals surface area contributed by atoms with Gasteiger partial charge in [-0.15, -0.1) is 6.42 Å². The zero-order chi connectivity index (χ0) is 13.2. The number of rotatable bonds is 5. The van der Waals surface area contributed by atoms with Crippen molar-refractivity contribution in [2.75, 3.05) is 20.2 Å². The van der Waals surface area contributed by atoms with E-state index in [1.807, 2.05) is 31.2 Å². The van der Waals surface area contributed by atoms with Gasteiger partial charge in [-0.2, -0.15) is 0 Å². The lowest BCUT2D eigenvalue weighted by Gasteiger charge is -2.10. The molecule has 0 atom stereocenters. The van der Waals surface area contributed by atoms with Crippen molar-refractivity contribution < 1.29 is 4.74 Å². The van der Waals surface area contributed by atoms with Crippen LogP contribution in [0.4, 0.5) is 0 Å². The summed E-state index contributed by atoms with van der Waals surface area (Å²) in [5.41, 5.74) is 1.04. The first-order valence-electron chi connectivity index (χ1n) is 5.89. The number of benzene rings is 1. The molecular formula is C14H19N3O. The fourth-order valence-electron chi connectivity index (χ4n) is 1.47. The second kappa shape index (κ2) is 8.02. The highest BCUT2D eigenvalue weighted by molar-refractivity contribution is 5.80. The maximum atomic E-state index is 5.28. The Labute approximate surface area is 108 Å². The smallest absolute Gasteiger partial charge is 0.192 e. The standard InChI is InChI=1S/C14H19N3O/c1-4-10-16-14(15-5-2)17-11-12-8-6-7-9-13(12)18-3/h1,6-9H,5,10-11H2,2-3H3,(H2,15,16,17). The van der Waals surface area contributed by atoms with Gasteiger partial charge in [-0.25, -0.2) is 4.99 Å². The largest absolute Gasteiger partial charge is 0.496 e. The number of terminal acetylenes is 1. The van der Waals surface area contributed by atoms with Crippen LogP contribution >= 0.6 is 0 Å². The third-order valence-corrected chi connectivity index (χ3v) is 2.30. The lowest BCUT2D eigenvalue weighted by molar-refractivity contribution is 0.410. The highest BCUT2D eigenvalue weighted by atomic mass is 16.5. The van der Waals surface area contributed by atoms with Crippen molar-refractivity contribution in [3.05, 3.63) is 29.8 Å². The molecule has 0 saturated carbocycles. The predicted octanol–water partition coefficient (Wildman–Crippen LogP) is 1.38. The highest BCUT2D eigenvalue weighted by Crippen LogP contribution is 2.17. The van der Waals surface area contributed by atoms with Crippen molar-refractivity contribution in [2.24, 2.45) is 4.99 Å². The molecule has 1 rings (SSSR count). The molecule has 0 heterocycles. The summed E-state index contributed by atoms with van der Waals surface area (Å²) >= 11 is 0. The van der Waals surface area contributed by atoms with Crippen LogP contribution in [0.2, 0.25) is 0 Å². The Morgan fingerprint density at radius 1 is 1.39 bits per heavy atom. The third kappa shape index (κ3) is 4.38. The van der Waals surface area contributed by atoms with Crippen LogP contribution in [0.3, 0.4) is 0 Å². The summed E-state index contributed by atoms with van der Waals surface area (Å²) in [6, 6.07) is 7.82. The van der Waals surface area contributed by atoms with Crippen molar-refractivity contribution >= 4 is 5.96 Å². The molecule has 0 radical (unpaired) electrons. The predicted molar refractivity (Wildman–Crippen MR) is 74.6 cm³/mol. The quantitative estimate of drug-likeness (QED) is 0.468. The molecule has 2 N–H and O–H groups in total. The maximum Gasteiger partial charge on any atom is 0.192 e. The first-order chi connectivity index (χ1) is 8.81. The first-order valence-corrected chi connectivity index (χ1v) is 5.89. The highest BCUT2D eigenvalue weighted by Gasteiger charge is 2.01. The maximum absolute atomic E-state index is 5.28. The van der Waals surface area contributed by atoms with Gasteiger partial charge in [0.1, 0.15) is 5.75 Å². The topological polar surface area (TPSA) is 45.7 Å². The molecule has 0 unspecified atom stereocenters. The molecule has 1 aromatic rings. The van der Waals surface area contributed by atoms with Gasteiger partial charge in [-0.05, 0) is 13.0 Å². The van der Waals surface area contributed by atoms with Crippen molar-refractivity contribution in [1.29, 1.82) is 0 Å². The van der Waals surface area contributed by atoms with Crippen LogP contribution in [-0.2, 0) is 6.54 Å². The second-order valence-electron chi connectivity index (χ2n) is 3.56. The first kappa shape index (κ1) is 13.9. The summed E-state index contributed by atoms with van der Waals surface area (Å²) in [4.78, 5) is 4.45. The van der Waals surface area contributed by atoms with Crippen LogP contribution in [0.15, 0.2) is 29.3 Å². The van der Waals surface area contributed by atoms with Crippen LogP contribution < -0.4 is 15.4 Å². The van der Waals surface area contributed by atoms with E-state index >= 15 is 0 Å². The lowest BCUT2D eigenvalue weighted by Crippen LogP contribution is -2.37. The molecule has 0 saturated heterocycles. The zero-order valence-corrected chi connectivity index (χ0v) is 10.9. The zero-order valence-electron chi connectivity index (χ0n) is 10.9. The van der Waals surface area contributed by atoms with Crippen molar-refractivity contribution in [1.82, 2.24) is 10.6 Å². The van der Waals surface area contributed by atoms with E-state index in [2.05, 4.69) is 21.5 Å². The van der Waals surface area contributed by atoms with Gasteiger partial charge < -0.3 is 15.4 Å². The Balaban J connectivity index is 2.71. The molecule has 0 aliphatic carbocycles. The van der Waals surface area contributed by atoms with Crippen LogP contribution in [0, 0.1) is 12.3 Å². The third-order valence-electron chi connectivity index (χ3n) is 2.30. The van der Waals surface area contributed by atoms with Gasteiger partial charge in [-0.3, -0.25) is 0 Å². The fraction of sp³-hybridized carbons (Fsp3) is 0.357. The number of methoxy groups -OCH3 is 1. The molecule has 0 amide bonds. The van der Waals surface area contributed by atoms with E-state index in [0.717, 1.165) is 17.9 Å². The van der Waals surface area contributed by atoms with Crippen molar-refractivity contribution in [2.45, 2.75) is 13.5 Å². The van der Waals surface area contributed by atoms with E-state index in [1.165, 1.54) is 0 Å². The normalized spacial score (nSPS) is 10.6. The molecule has 0 fully saturated rings. The average Bonchev–Trinajstić information content (AvgIpc) is 2.42. The van der Waals surface area contributed by atoms with Crippen LogP contribution in [0.25, 0.3) is 0 Å². The Kier molecular flexibility index (Phi) is 6.20. The minimum atomic E-state index is 0.456. The van der Waals surface area contributed by atoms with E-state index in [1.54, 1.807) is 7.11 Å². The summed E-state index contributed by atoms with van der Waals surface area (Å²) < 4.78 is 5.28. The second-order valence-corrected chi connectivity index (χ2v) is 3.56. The molecule has 0 aromatic heterocycles. The van der Waals surface area contributed by atoms with Gasteiger partial charge in [0.15, 0.2) is 5.96 Å². The number of guanidine groups is 1. The molecule has 96 valence electrons. The Bertz CT molecular complexity index is 435. The number of hydrogen-bond acceptors (Lipinski definition) is 2. The number of para-hydroxylation sites is 1. The molecular weight excluding hydrogens is 226 g/mol. The minimum Gasteiger partial charge on any atom is -0.496 e. The van der Waals surface area contributed by atoms with Crippen molar-refractivity contribution in [3.8, 4) is 18.1 Å². The Morgan fingerprint density at radius 3 is 2.83 bits per heavy atom. The monoisotopic (exact) mass is 245 g/mol. The average molecular weight is 245 g/mol. The van der Waals surface area contributed by atoms with E-state index < -0.39 is 0 Å². The Hall–Kier alpha value is -2.15. The molecule has 0 bridgehead atoms. The fourth-order valence-corrected chi connectivity index (χ4v) is 1.47. The van der Waals surface area contributed by atoms with Gasteiger partial charge in [0.2, 0.25) is 0 Å². The number of hydrogen-bond donors (Lipinski definition) is 2. The summed E-state index contributed by atoms with van der Waals surface area (Å²) in [6.07, 6.45) is 5.21. The van der Waals surface area contributed by atoms with E-state index in [-0.39, 0.29) is 0 Å². The molecule has 0 spiro atoms. The van der Waals surface area contributed by atoms with Crippen LogP contribution in [0.5, 0.6) is 5.75 Å². The van der Waals surface area contributed by atoms with Crippen LogP contribution in [0.1, 0.15) is 12.5 Å². The molecule has 0 aliphatic rings. The summed E-state index contributed by atoms with van der Waals surface area (Å²) in [6.45, 7) is 3.81. The van der Waals surface area contributed by atoms with Gasteiger partial charge in [0.25, 0.3) is 0 Å².